The summed E-state index contributed by atoms with van der Waals surface area (Å²) in [5, 5.41) is 2.96. The van der Waals surface area contributed by atoms with E-state index >= 15 is 0 Å². The molecular weight excluding hydrogens is 487 g/mol. The van der Waals surface area contributed by atoms with E-state index in [1.165, 1.54) is 37.8 Å². The number of aromatic nitrogens is 2. The predicted molar refractivity (Wildman–Crippen MR) is 140 cm³/mol. The maximum Gasteiger partial charge on any atom is 0.229 e. The average Bonchev–Trinajstić information content (AvgIpc) is 2.86. The highest BCUT2D eigenvalue weighted by Gasteiger charge is 2.43. The van der Waals surface area contributed by atoms with E-state index in [0.29, 0.717) is 30.1 Å². The van der Waals surface area contributed by atoms with Crippen LogP contribution in [-0.4, -0.2) is 15.9 Å². The summed E-state index contributed by atoms with van der Waals surface area (Å²) in [5.74, 6) is -0.689. The first-order valence-electron chi connectivity index (χ1n) is 13.7. The molecule has 1 aromatic heterocycles. The first-order valence-corrected chi connectivity index (χ1v) is 13.7. The van der Waals surface area contributed by atoms with Crippen LogP contribution < -0.4 is 5.32 Å². The lowest BCUT2D eigenvalue weighted by Gasteiger charge is -2.48. The lowest BCUT2D eigenvalue weighted by atomic mass is 9.57. The Labute approximate surface area is 221 Å². The molecule has 1 heterocycles. The smallest absolute Gasteiger partial charge is 0.229 e. The summed E-state index contributed by atoms with van der Waals surface area (Å²) < 4.78 is 41.0. The number of hydrogen-bond acceptors (Lipinski definition) is 3. The molecule has 3 unspecified atom stereocenters. The van der Waals surface area contributed by atoms with Gasteiger partial charge in [-0.15, -0.1) is 0 Å². The van der Waals surface area contributed by atoms with Crippen LogP contribution in [0.4, 0.5) is 19.0 Å². The number of nitrogens with one attached hydrogen (secondary N) is 1. The van der Waals surface area contributed by atoms with Gasteiger partial charge in [0.05, 0.1) is 23.5 Å². The molecule has 2 saturated carbocycles. The van der Waals surface area contributed by atoms with Crippen molar-refractivity contribution < 1.29 is 18.0 Å². The van der Waals surface area contributed by atoms with Crippen LogP contribution in [0.15, 0.2) is 36.4 Å². The van der Waals surface area contributed by atoms with Gasteiger partial charge in [-0.1, -0.05) is 25.8 Å². The van der Waals surface area contributed by atoms with E-state index in [1.54, 1.807) is 12.1 Å². The molecule has 1 N–H and O–H groups in total. The number of halogens is 3. The van der Waals surface area contributed by atoms with Crippen molar-refractivity contribution in [3.8, 4) is 11.3 Å². The van der Waals surface area contributed by atoms with Crippen LogP contribution in [0.5, 0.6) is 0 Å². The number of carbonyl (C=O) groups is 1. The fourth-order valence-electron chi connectivity index (χ4n) is 7.33. The van der Waals surface area contributed by atoms with Crippen LogP contribution in [0.3, 0.4) is 0 Å². The number of hydrogen-bond donors (Lipinski definition) is 1. The molecule has 198 valence electrons. The lowest BCUT2D eigenvalue weighted by Crippen LogP contribution is -2.38. The highest BCUT2D eigenvalue weighted by molar-refractivity contribution is 5.92. The lowest BCUT2D eigenvalue weighted by molar-refractivity contribution is -0.115. The van der Waals surface area contributed by atoms with Gasteiger partial charge in [-0.05, 0) is 104 Å². The number of nitrogens with zero attached hydrogens (tertiary/aromatic N) is 2. The van der Waals surface area contributed by atoms with Gasteiger partial charge in [0.1, 0.15) is 5.82 Å². The van der Waals surface area contributed by atoms with E-state index < -0.39 is 11.6 Å². The largest absolute Gasteiger partial charge is 0.309 e. The Kier molecular flexibility index (Phi) is 6.48. The quantitative estimate of drug-likeness (QED) is 0.395. The molecule has 2 aromatic carbocycles. The summed E-state index contributed by atoms with van der Waals surface area (Å²) in [6.07, 6.45) is 9.08. The van der Waals surface area contributed by atoms with Gasteiger partial charge in [-0.25, -0.2) is 23.1 Å². The van der Waals surface area contributed by atoms with Gasteiger partial charge >= 0.3 is 0 Å². The molecule has 3 aliphatic carbocycles. The second kappa shape index (κ2) is 9.83. The molecule has 4 nitrogen and oxygen atoms in total. The van der Waals surface area contributed by atoms with Crippen LogP contribution in [-0.2, 0) is 30.5 Å². The van der Waals surface area contributed by atoms with E-state index in [0.717, 1.165) is 65.5 Å². The first-order chi connectivity index (χ1) is 18.3. The van der Waals surface area contributed by atoms with Crippen molar-refractivity contribution in [2.45, 2.75) is 71.1 Å². The van der Waals surface area contributed by atoms with Crippen LogP contribution in [0.1, 0.15) is 68.0 Å². The standard InChI is InChI=1S/C31H32F3N3O/c1-18-11-20-3-2-10-31(15-18,16-20)17-27-30(37-28(38)13-19-4-8-24(33)25(34)12-19)36-26-9-5-21-14-22(32)6-7-23(21)29(26)35-27/h4,6-8,12,14,18,20H,2-3,5,9-11,13,15-17H2,1H3,(H,36,37,38). The molecule has 1 amide bonds. The van der Waals surface area contributed by atoms with Gasteiger partial charge in [-0.3, -0.25) is 4.79 Å². The van der Waals surface area contributed by atoms with Crippen molar-refractivity contribution in [1.82, 2.24) is 9.97 Å². The summed E-state index contributed by atoms with van der Waals surface area (Å²) in [6.45, 7) is 2.33. The van der Waals surface area contributed by atoms with Gasteiger partial charge in [0.2, 0.25) is 5.91 Å². The van der Waals surface area contributed by atoms with Gasteiger partial charge in [0.25, 0.3) is 0 Å². The van der Waals surface area contributed by atoms with Gasteiger partial charge in [-0.2, -0.15) is 0 Å². The molecular formula is C31H32F3N3O. The normalized spacial score (nSPS) is 23.9. The third kappa shape index (κ3) is 4.95. The van der Waals surface area contributed by atoms with Crippen LogP contribution >= 0.6 is 0 Å². The van der Waals surface area contributed by atoms with E-state index in [1.807, 2.05) is 0 Å². The third-order valence-corrected chi connectivity index (χ3v) is 8.70. The molecule has 3 atom stereocenters. The third-order valence-electron chi connectivity index (χ3n) is 8.70. The Hall–Kier alpha value is -3.22. The van der Waals surface area contributed by atoms with Crippen molar-refractivity contribution >= 4 is 11.7 Å². The van der Waals surface area contributed by atoms with Crippen LogP contribution in [0.2, 0.25) is 0 Å². The molecule has 2 fully saturated rings. The van der Waals surface area contributed by atoms with Crippen molar-refractivity contribution in [1.29, 1.82) is 0 Å². The predicted octanol–water partition coefficient (Wildman–Crippen LogP) is 6.99. The van der Waals surface area contributed by atoms with Gasteiger partial charge in [0, 0.05) is 5.56 Å². The zero-order chi connectivity index (χ0) is 26.4. The minimum absolute atomic E-state index is 0.0955. The molecule has 2 bridgehead atoms. The summed E-state index contributed by atoms with van der Waals surface area (Å²) >= 11 is 0. The highest BCUT2D eigenvalue weighted by Crippen LogP contribution is 2.53. The SMILES string of the molecule is CC1CC2CCCC(Cc3nc4c(nc3NC(=O)Cc3ccc(F)c(F)c3)CCc3cc(F)ccc3-4)(C1)C2. The van der Waals surface area contributed by atoms with Crippen LogP contribution in [0.25, 0.3) is 11.3 Å². The van der Waals surface area contributed by atoms with E-state index in [-0.39, 0.29) is 23.6 Å². The Balaban J connectivity index is 1.36. The zero-order valence-electron chi connectivity index (χ0n) is 21.6. The topological polar surface area (TPSA) is 54.9 Å². The maximum atomic E-state index is 13.9. The number of carbonyl (C=O) groups excluding carboxylic acids is 1. The number of anilines is 1. The summed E-state index contributed by atoms with van der Waals surface area (Å²) in [7, 11) is 0. The number of aryl methyl sites for hydroxylation is 2. The number of benzene rings is 2. The fourth-order valence-corrected chi connectivity index (χ4v) is 7.33. The minimum atomic E-state index is -0.975. The van der Waals surface area contributed by atoms with Crippen LogP contribution in [0, 0.1) is 34.7 Å². The monoisotopic (exact) mass is 519 g/mol. The van der Waals surface area contributed by atoms with Gasteiger partial charge < -0.3 is 5.32 Å². The maximum absolute atomic E-state index is 13.9. The second-order valence-corrected chi connectivity index (χ2v) is 11.8. The molecule has 0 aliphatic heterocycles. The Bertz CT molecular complexity index is 1400. The molecule has 6 rings (SSSR count). The molecule has 7 heteroatoms. The summed E-state index contributed by atoms with van der Waals surface area (Å²) in [5.41, 5.74) is 4.66. The number of fused-ring (bicyclic) bond motifs is 5. The molecule has 0 spiro atoms. The van der Waals surface area contributed by atoms with E-state index in [9.17, 15) is 18.0 Å². The molecule has 0 saturated heterocycles. The Morgan fingerprint density at radius 3 is 2.76 bits per heavy atom. The zero-order valence-corrected chi connectivity index (χ0v) is 21.6. The molecule has 3 aliphatic rings. The number of amides is 1. The average molecular weight is 520 g/mol. The van der Waals surface area contributed by atoms with E-state index in [2.05, 4.69) is 12.2 Å². The minimum Gasteiger partial charge on any atom is -0.309 e. The fraction of sp³-hybridized carbons (Fsp3) is 0.452. The second-order valence-electron chi connectivity index (χ2n) is 11.8. The Morgan fingerprint density at radius 2 is 1.92 bits per heavy atom. The summed E-state index contributed by atoms with van der Waals surface area (Å²) in [4.78, 5) is 23.1. The molecule has 0 radical (unpaired) electrons. The van der Waals surface area contributed by atoms with Crippen molar-refractivity contribution in [3.63, 3.8) is 0 Å². The van der Waals surface area contributed by atoms with Crippen molar-refractivity contribution in [2.24, 2.45) is 17.3 Å². The summed E-state index contributed by atoms with van der Waals surface area (Å²) in [6, 6.07) is 8.31. The molecule has 3 aromatic rings. The molecule has 38 heavy (non-hydrogen) atoms. The first kappa shape index (κ1) is 25.1. The van der Waals surface area contributed by atoms with Crippen molar-refractivity contribution in [2.75, 3.05) is 5.32 Å². The number of rotatable bonds is 5. The van der Waals surface area contributed by atoms with Gasteiger partial charge in [0.15, 0.2) is 17.5 Å². The highest BCUT2D eigenvalue weighted by atomic mass is 19.2. The Morgan fingerprint density at radius 1 is 1.05 bits per heavy atom. The van der Waals surface area contributed by atoms with E-state index in [4.69, 9.17) is 9.97 Å². The van der Waals surface area contributed by atoms with Crippen molar-refractivity contribution in [3.05, 3.63) is 76.4 Å².